The average Bonchev–Trinajstić information content (AvgIpc) is 2.62. The van der Waals surface area contributed by atoms with E-state index in [1.165, 1.54) is 5.56 Å². The molecule has 1 aliphatic rings. The van der Waals surface area contributed by atoms with Crippen LogP contribution in [0, 0.1) is 6.92 Å². The van der Waals surface area contributed by atoms with Crippen molar-refractivity contribution < 1.29 is 4.79 Å². The summed E-state index contributed by atoms with van der Waals surface area (Å²) in [7, 11) is 1.92. The second-order valence-electron chi connectivity index (χ2n) is 5.43. The molecule has 1 aromatic heterocycles. The Bertz CT molecular complexity index is 693. The van der Waals surface area contributed by atoms with E-state index in [4.69, 9.17) is 0 Å². The van der Waals surface area contributed by atoms with E-state index in [1.807, 2.05) is 41.8 Å². The van der Waals surface area contributed by atoms with Crippen LogP contribution in [0.25, 0.3) is 0 Å². The lowest BCUT2D eigenvalue weighted by Crippen LogP contribution is -2.30. The maximum Gasteiger partial charge on any atom is 0.227 e. The number of hydrogen-bond donors (Lipinski definition) is 0. The highest BCUT2D eigenvalue weighted by atomic mass is 79.9. The Hall–Kier alpha value is -1.62. The Morgan fingerprint density at radius 2 is 2.05 bits per heavy atom. The van der Waals surface area contributed by atoms with Crippen LogP contribution in [0.4, 0.5) is 5.69 Å². The fourth-order valence-electron chi connectivity index (χ4n) is 2.86. The first-order valence-electron chi connectivity index (χ1n) is 7.14. The smallest absolute Gasteiger partial charge is 0.227 e. The summed E-state index contributed by atoms with van der Waals surface area (Å²) < 4.78 is 2.83. The summed E-state index contributed by atoms with van der Waals surface area (Å²) in [5, 5.41) is 4.41. The van der Waals surface area contributed by atoms with E-state index < -0.39 is 0 Å². The molecule has 0 bridgehead atoms. The lowest BCUT2D eigenvalue weighted by Gasteiger charge is -2.23. The number of nitrogens with zero attached hydrogens (tertiary/aromatic N) is 3. The molecule has 0 N–H and O–H groups in total. The van der Waals surface area contributed by atoms with Crippen LogP contribution < -0.4 is 4.90 Å². The predicted molar refractivity (Wildman–Crippen MR) is 86.2 cm³/mol. The number of benzene rings is 1. The number of halogens is 1. The van der Waals surface area contributed by atoms with Gasteiger partial charge in [-0.1, -0.05) is 18.2 Å². The van der Waals surface area contributed by atoms with Gasteiger partial charge in [-0.05, 0) is 47.3 Å². The lowest BCUT2D eigenvalue weighted by molar-refractivity contribution is -0.118. The van der Waals surface area contributed by atoms with Crippen LogP contribution in [-0.2, 0) is 24.8 Å². The third kappa shape index (κ3) is 2.62. The van der Waals surface area contributed by atoms with Crippen LogP contribution in [0.15, 0.2) is 28.7 Å². The Balaban J connectivity index is 2.02. The van der Waals surface area contributed by atoms with Gasteiger partial charge >= 0.3 is 0 Å². The second-order valence-corrected chi connectivity index (χ2v) is 6.22. The third-order valence-electron chi connectivity index (χ3n) is 3.99. The van der Waals surface area contributed by atoms with Crippen molar-refractivity contribution in [3.63, 3.8) is 0 Å². The van der Waals surface area contributed by atoms with Crippen LogP contribution in [-0.4, -0.2) is 15.7 Å². The molecule has 0 fully saturated rings. The molecule has 1 aromatic carbocycles. The van der Waals surface area contributed by atoms with Gasteiger partial charge in [-0.15, -0.1) is 0 Å². The van der Waals surface area contributed by atoms with Crippen LogP contribution in [0.2, 0.25) is 0 Å². The number of rotatable bonds is 2. The molecule has 2 heterocycles. The van der Waals surface area contributed by atoms with Gasteiger partial charge in [-0.3, -0.25) is 9.48 Å². The summed E-state index contributed by atoms with van der Waals surface area (Å²) in [6.07, 6.45) is 2.48. The molecule has 0 atom stereocenters. The van der Waals surface area contributed by atoms with Gasteiger partial charge in [0.05, 0.1) is 22.4 Å². The zero-order valence-corrected chi connectivity index (χ0v) is 13.9. The number of aromatic nitrogens is 2. The molecule has 2 aromatic rings. The maximum atomic E-state index is 12.5. The zero-order valence-electron chi connectivity index (χ0n) is 12.3. The molecule has 110 valence electrons. The fraction of sp³-hybridized carbons (Fsp3) is 0.375. The predicted octanol–water partition coefficient (Wildman–Crippen LogP) is 3.36. The van der Waals surface area contributed by atoms with Crippen molar-refractivity contribution in [1.29, 1.82) is 0 Å². The number of carbonyl (C=O) groups is 1. The molecule has 4 nitrogen and oxygen atoms in total. The molecular formula is C16H18BrN3O. The summed E-state index contributed by atoms with van der Waals surface area (Å²) in [6.45, 7) is 2.51. The topological polar surface area (TPSA) is 38.1 Å². The molecule has 0 aliphatic carbocycles. The lowest BCUT2D eigenvalue weighted by atomic mass is 10.1. The molecule has 0 unspecified atom stereocenters. The van der Waals surface area contributed by atoms with E-state index in [1.54, 1.807) is 0 Å². The molecule has 3 rings (SSSR count). The Kier molecular flexibility index (Phi) is 3.85. The fourth-order valence-corrected chi connectivity index (χ4v) is 3.32. The van der Waals surface area contributed by atoms with E-state index in [2.05, 4.69) is 27.1 Å². The summed E-state index contributed by atoms with van der Waals surface area (Å²) in [6, 6.07) is 8.19. The number of hydrogen-bond acceptors (Lipinski definition) is 2. The molecule has 5 heteroatoms. The molecule has 0 spiro atoms. The first-order chi connectivity index (χ1) is 10.1. The first-order valence-corrected chi connectivity index (χ1v) is 7.93. The number of carbonyl (C=O) groups excluding carboxylic acids is 1. The van der Waals surface area contributed by atoms with Gasteiger partial charge in [0.25, 0.3) is 0 Å². The summed E-state index contributed by atoms with van der Waals surface area (Å²) in [4.78, 5) is 14.4. The van der Waals surface area contributed by atoms with Gasteiger partial charge in [-0.2, -0.15) is 5.10 Å². The quantitative estimate of drug-likeness (QED) is 0.835. The van der Waals surface area contributed by atoms with Crippen molar-refractivity contribution in [3.8, 4) is 0 Å². The number of aryl methyl sites for hydroxylation is 3. The molecular weight excluding hydrogens is 330 g/mol. The molecule has 0 radical (unpaired) electrons. The summed E-state index contributed by atoms with van der Waals surface area (Å²) in [5.41, 5.74) is 4.25. The molecule has 0 saturated heterocycles. The number of amides is 1. The largest absolute Gasteiger partial charge is 0.306 e. The SMILES string of the molecule is Cc1nn(C)c(CN2C(=O)CCCc3ccccc32)c1Br. The molecule has 0 saturated carbocycles. The number of anilines is 1. The van der Waals surface area contributed by atoms with Crippen molar-refractivity contribution in [2.75, 3.05) is 4.90 Å². The van der Waals surface area contributed by atoms with Crippen LogP contribution in [0.1, 0.15) is 29.8 Å². The van der Waals surface area contributed by atoms with Gasteiger partial charge < -0.3 is 4.90 Å². The van der Waals surface area contributed by atoms with Gasteiger partial charge in [0.1, 0.15) is 0 Å². The van der Waals surface area contributed by atoms with Crippen molar-refractivity contribution in [2.24, 2.45) is 7.05 Å². The Morgan fingerprint density at radius 1 is 1.29 bits per heavy atom. The minimum Gasteiger partial charge on any atom is -0.306 e. The highest BCUT2D eigenvalue weighted by Gasteiger charge is 2.24. The van der Waals surface area contributed by atoms with E-state index >= 15 is 0 Å². The minimum atomic E-state index is 0.186. The van der Waals surface area contributed by atoms with Crippen LogP contribution in [0.3, 0.4) is 0 Å². The number of para-hydroxylation sites is 1. The summed E-state index contributed by atoms with van der Waals surface area (Å²) in [5.74, 6) is 0.186. The van der Waals surface area contributed by atoms with Crippen LogP contribution in [0.5, 0.6) is 0 Å². The normalized spacial score (nSPS) is 15.0. The highest BCUT2D eigenvalue weighted by molar-refractivity contribution is 9.10. The van der Waals surface area contributed by atoms with Crippen LogP contribution >= 0.6 is 15.9 Å². The average molecular weight is 348 g/mol. The number of fused-ring (bicyclic) bond motifs is 1. The van der Waals surface area contributed by atoms with Crippen molar-refractivity contribution >= 4 is 27.5 Å². The van der Waals surface area contributed by atoms with E-state index in [-0.39, 0.29) is 5.91 Å². The van der Waals surface area contributed by atoms with Gasteiger partial charge in [-0.25, -0.2) is 0 Å². The standard InChI is InChI=1S/C16H18BrN3O/c1-11-16(17)14(19(2)18-11)10-20-13-8-4-3-6-12(13)7-5-9-15(20)21/h3-4,6,8H,5,7,9-10H2,1-2H3. The van der Waals surface area contributed by atoms with Gasteiger partial charge in [0.15, 0.2) is 0 Å². The molecule has 1 amide bonds. The second kappa shape index (κ2) is 5.64. The van der Waals surface area contributed by atoms with Crippen molar-refractivity contribution in [3.05, 3.63) is 45.7 Å². The first kappa shape index (κ1) is 14.3. The highest BCUT2D eigenvalue weighted by Crippen LogP contribution is 2.30. The molecule has 21 heavy (non-hydrogen) atoms. The van der Waals surface area contributed by atoms with Gasteiger partial charge in [0, 0.05) is 19.2 Å². The third-order valence-corrected chi connectivity index (χ3v) is 5.02. The van der Waals surface area contributed by atoms with E-state index in [9.17, 15) is 4.79 Å². The maximum absolute atomic E-state index is 12.5. The monoisotopic (exact) mass is 347 g/mol. The Morgan fingerprint density at radius 3 is 2.76 bits per heavy atom. The Labute approximate surface area is 132 Å². The summed E-state index contributed by atoms with van der Waals surface area (Å²) >= 11 is 3.59. The van der Waals surface area contributed by atoms with Crippen molar-refractivity contribution in [1.82, 2.24) is 9.78 Å². The molecule has 1 aliphatic heterocycles. The van der Waals surface area contributed by atoms with Gasteiger partial charge in [0.2, 0.25) is 5.91 Å². The van der Waals surface area contributed by atoms with E-state index in [0.29, 0.717) is 13.0 Å². The minimum absolute atomic E-state index is 0.186. The van der Waals surface area contributed by atoms with Crippen molar-refractivity contribution in [2.45, 2.75) is 32.7 Å². The zero-order chi connectivity index (χ0) is 15.0. The van der Waals surface area contributed by atoms with E-state index in [0.717, 1.165) is 34.4 Å².